The van der Waals surface area contributed by atoms with Gasteiger partial charge in [-0.15, -0.1) is 0 Å². The van der Waals surface area contributed by atoms with Crippen molar-refractivity contribution >= 4 is 56.8 Å². The molecule has 0 unspecified atom stereocenters. The minimum atomic E-state index is -0.742. The lowest BCUT2D eigenvalue weighted by Crippen LogP contribution is -2.37. The van der Waals surface area contributed by atoms with Crippen molar-refractivity contribution in [2.24, 2.45) is 0 Å². The van der Waals surface area contributed by atoms with Gasteiger partial charge in [0.05, 0.1) is 16.8 Å². The third kappa shape index (κ3) is 8.54. The van der Waals surface area contributed by atoms with Gasteiger partial charge in [0.15, 0.2) is 0 Å². The van der Waals surface area contributed by atoms with Crippen LogP contribution in [0.1, 0.15) is 112 Å². The van der Waals surface area contributed by atoms with Crippen LogP contribution in [0.2, 0.25) is 0 Å². The molecule has 0 atom stereocenters. The smallest absolute Gasteiger partial charge is 0.0742 e. The third-order valence-corrected chi connectivity index (χ3v) is 19.1. The molecule has 3 heteroatoms. The number of rotatable bonds is 9. The van der Waals surface area contributed by atoms with Crippen LogP contribution < -0.4 is 14.7 Å². The predicted octanol–water partition coefficient (Wildman–Crippen LogP) is 21.8. The van der Waals surface area contributed by atoms with Crippen LogP contribution in [0.5, 0.6) is 0 Å². The Morgan fingerprint density at radius 1 is 0.398 bits per heavy atom. The average molecular weight is 1080 g/mol. The van der Waals surface area contributed by atoms with E-state index in [0.717, 1.165) is 57.5 Å². The summed E-state index contributed by atoms with van der Waals surface area (Å²) in [5.74, 6) is 0. The Labute approximate surface area is 492 Å². The standard InChI is InChI=1S/C80H73N3/c1-52-33-47-74(57(6)55(52)4)81(64-43-45-66-54(3)24-14-13-23-49-78(8,9)72(66)50-64)62-39-35-59(36-40-62)80(70-29-19-21-31-76(70)83(61-25-15-12-16-26-61)77-32-22-20-30-71(77)80)60-37-41-63(42-38-60)82(75-48-34-53(2)56(5)58(75)7)65-44-46-68-67-27-17-18-28-69(67)79(10,11)73(68)51-65/h12-48,50-51H,3,49H2,1-2,4-11H3/b23-13-,24-14-. The van der Waals surface area contributed by atoms with Gasteiger partial charge in [0, 0.05) is 45.2 Å². The van der Waals surface area contributed by atoms with E-state index in [1.807, 2.05) is 0 Å². The van der Waals surface area contributed by atoms with Crippen molar-refractivity contribution in [2.45, 2.75) is 91.9 Å². The molecule has 83 heavy (non-hydrogen) atoms. The third-order valence-electron chi connectivity index (χ3n) is 19.1. The number of nitrogens with zero attached hydrogens (tertiary/aromatic N) is 3. The molecule has 0 amide bonds. The summed E-state index contributed by atoms with van der Waals surface area (Å²) in [6.45, 7) is 27.5. The van der Waals surface area contributed by atoms with Crippen molar-refractivity contribution < 1.29 is 0 Å². The average Bonchev–Trinajstić information content (AvgIpc) is 2.96. The van der Waals surface area contributed by atoms with E-state index in [1.165, 1.54) is 94.7 Å². The quantitative estimate of drug-likeness (QED) is 0.143. The monoisotopic (exact) mass is 1080 g/mol. The van der Waals surface area contributed by atoms with Crippen LogP contribution in [-0.2, 0) is 16.2 Å². The Hall–Kier alpha value is -9.18. The molecule has 3 nitrogen and oxygen atoms in total. The van der Waals surface area contributed by atoms with Crippen LogP contribution in [-0.4, -0.2) is 0 Å². The highest BCUT2D eigenvalue weighted by molar-refractivity contribution is 5.92. The summed E-state index contributed by atoms with van der Waals surface area (Å²) in [4.78, 5) is 7.43. The highest BCUT2D eigenvalue weighted by Gasteiger charge is 2.47. The largest absolute Gasteiger partial charge is 0.310 e. The predicted molar refractivity (Wildman–Crippen MR) is 353 cm³/mol. The minimum Gasteiger partial charge on any atom is -0.310 e. The normalized spacial score (nSPS) is 15.8. The number of hydrogen-bond donors (Lipinski definition) is 0. The fourth-order valence-electron chi connectivity index (χ4n) is 14.0. The molecule has 3 aliphatic rings. The van der Waals surface area contributed by atoms with Crippen LogP contribution in [0.4, 0.5) is 51.2 Å². The lowest BCUT2D eigenvalue weighted by atomic mass is 9.62. The summed E-state index contributed by atoms with van der Waals surface area (Å²) in [6.07, 6.45) is 9.62. The molecule has 0 aromatic heterocycles. The van der Waals surface area contributed by atoms with Gasteiger partial charge in [-0.3, -0.25) is 0 Å². The first-order valence-electron chi connectivity index (χ1n) is 29.5. The zero-order valence-corrected chi connectivity index (χ0v) is 49.8. The van der Waals surface area contributed by atoms with Gasteiger partial charge in [-0.2, -0.15) is 0 Å². The van der Waals surface area contributed by atoms with Crippen LogP contribution in [0, 0.1) is 41.5 Å². The van der Waals surface area contributed by atoms with E-state index in [1.54, 1.807) is 0 Å². The maximum absolute atomic E-state index is 4.56. The van der Waals surface area contributed by atoms with Gasteiger partial charge in [-0.1, -0.05) is 186 Å². The molecule has 1 aliphatic heterocycles. The first kappa shape index (κ1) is 53.1. The number of fused-ring (bicyclic) bond motifs is 6. The van der Waals surface area contributed by atoms with Crippen LogP contribution >= 0.6 is 0 Å². The van der Waals surface area contributed by atoms with Crippen molar-refractivity contribution in [1.82, 2.24) is 0 Å². The maximum Gasteiger partial charge on any atom is 0.0742 e. The number of para-hydroxylation sites is 3. The van der Waals surface area contributed by atoms with Gasteiger partial charge in [0.25, 0.3) is 0 Å². The minimum absolute atomic E-state index is 0.137. The Morgan fingerprint density at radius 2 is 0.855 bits per heavy atom. The van der Waals surface area contributed by atoms with Crippen molar-refractivity contribution in [3.63, 3.8) is 0 Å². The molecule has 0 N–H and O–H groups in total. The molecule has 0 bridgehead atoms. The highest BCUT2D eigenvalue weighted by atomic mass is 15.2. The Kier molecular flexibility index (Phi) is 13.0. The Balaban J connectivity index is 1.02. The topological polar surface area (TPSA) is 9.72 Å². The van der Waals surface area contributed by atoms with E-state index in [0.29, 0.717) is 0 Å². The summed E-state index contributed by atoms with van der Waals surface area (Å²) in [7, 11) is 0. The van der Waals surface area contributed by atoms with E-state index < -0.39 is 5.41 Å². The Morgan fingerprint density at radius 3 is 1.41 bits per heavy atom. The van der Waals surface area contributed by atoms with Gasteiger partial charge < -0.3 is 14.7 Å². The summed E-state index contributed by atoms with van der Waals surface area (Å²) in [5, 5.41) is 0. The molecule has 0 saturated heterocycles. The van der Waals surface area contributed by atoms with Gasteiger partial charge in [0.2, 0.25) is 0 Å². The molecule has 2 aliphatic carbocycles. The highest BCUT2D eigenvalue weighted by Crippen LogP contribution is 2.59. The number of anilines is 9. The summed E-state index contributed by atoms with van der Waals surface area (Å²) >= 11 is 0. The zero-order valence-electron chi connectivity index (χ0n) is 49.8. The fourth-order valence-corrected chi connectivity index (χ4v) is 14.0. The van der Waals surface area contributed by atoms with E-state index in [9.17, 15) is 0 Å². The molecule has 10 aromatic carbocycles. The van der Waals surface area contributed by atoms with Crippen molar-refractivity contribution in [1.29, 1.82) is 0 Å². The molecule has 0 fully saturated rings. The van der Waals surface area contributed by atoms with E-state index >= 15 is 0 Å². The van der Waals surface area contributed by atoms with E-state index in [-0.39, 0.29) is 10.8 Å². The number of hydrogen-bond acceptors (Lipinski definition) is 3. The first-order valence-corrected chi connectivity index (χ1v) is 29.5. The molecule has 1 heterocycles. The van der Waals surface area contributed by atoms with Crippen molar-refractivity contribution in [2.75, 3.05) is 14.7 Å². The second kappa shape index (κ2) is 20.4. The van der Waals surface area contributed by atoms with Gasteiger partial charge in [-0.05, 0) is 233 Å². The Bertz CT molecular complexity index is 4220. The van der Waals surface area contributed by atoms with Crippen LogP contribution in [0.25, 0.3) is 16.7 Å². The van der Waals surface area contributed by atoms with E-state index in [4.69, 9.17) is 0 Å². The molecule has 0 saturated carbocycles. The zero-order chi connectivity index (χ0) is 57.5. The number of benzene rings is 10. The second-order valence-corrected chi connectivity index (χ2v) is 24.6. The first-order chi connectivity index (χ1) is 40.1. The summed E-state index contributed by atoms with van der Waals surface area (Å²) < 4.78 is 0. The lowest BCUT2D eigenvalue weighted by molar-refractivity contribution is 0.533. The van der Waals surface area contributed by atoms with Gasteiger partial charge in [-0.25, -0.2) is 0 Å². The fraction of sp³-hybridized carbons (Fsp3) is 0.175. The van der Waals surface area contributed by atoms with E-state index in [2.05, 4.69) is 327 Å². The summed E-state index contributed by atoms with van der Waals surface area (Å²) in [6, 6.07) is 80.4. The maximum atomic E-state index is 4.56. The van der Waals surface area contributed by atoms with Crippen LogP contribution in [0.15, 0.2) is 243 Å². The molecule has 10 aromatic rings. The SMILES string of the molecule is C=C1/C=C\C=C/CC(C)(C)c2cc(N(c3ccc(C4(c5ccc(N(c6ccc7c(c6)C(C)(C)c6ccccc6-7)c6ccc(C)c(C)c6C)cc5)c5ccccc5N(c5ccccc5)c5ccccc54)cc3)c3ccc(C)c(C)c3C)ccc21. The molecular formula is C80H73N3. The van der Waals surface area contributed by atoms with Crippen LogP contribution in [0.3, 0.4) is 0 Å². The number of allylic oxidation sites excluding steroid dienone is 5. The molecular weight excluding hydrogens is 1000 g/mol. The number of aryl methyl sites for hydroxylation is 2. The molecule has 13 rings (SSSR count). The second-order valence-electron chi connectivity index (χ2n) is 24.6. The molecule has 0 spiro atoms. The molecule has 408 valence electrons. The lowest BCUT2D eigenvalue weighted by Gasteiger charge is -2.46. The van der Waals surface area contributed by atoms with Gasteiger partial charge >= 0.3 is 0 Å². The summed E-state index contributed by atoms with van der Waals surface area (Å²) in [5.41, 5.74) is 30.6. The van der Waals surface area contributed by atoms with Gasteiger partial charge in [0.1, 0.15) is 0 Å². The molecule has 0 radical (unpaired) electrons. The van der Waals surface area contributed by atoms with Crippen molar-refractivity contribution in [3.8, 4) is 11.1 Å². The van der Waals surface area contributed by atoms with Crippen molar-refractivity contribution in [3.05, 3.63) is 321 Å².